The van der Waals surface area contributed by atoms with Gasteiger partial charge in [-0.1, -0.05) is 6.07 Å². The fourth-order valence-corrected chi connectivity index (χ4v) is 1.65. The van der Waals surface area contributed by atoms with E-state index in [9.17, 15) is 4.79 Å². The lowest BCUT2D eigenvalue weighted by Crippen LogP contribution is -2.29. The van der Waals surface area contributed by atoms with Gasteiger partial charge in [0.15, 0.2) is 0 Å². The summed E-state index contributed by atoms with van der Waals surface area (Å²) in [7, 11) is 0. The SMILES string of the molecule is CSc1cccc(NC(=O)CNCCO)c1. The van der Waals surface area contributed by atoms with Gasteiger partial charge in [-0.25, -0.2) is 0 Å². The summed E-state index contributed by atoms with van der Waals surface area (Å²) < 4.78 is 0. The van der Waals surface area contributed by atoms with E-state index in [1.807, 2.05) is 30.5 Å². The van der Waals surface area contributed by atoms with Crippen LogP contribution in [0.2, 0.25) is 0 Å². The van der Waals surface area contributed by atoms with Gasteiger partial charge in [-0.15, -0.1) is 11.8 Å². The highest BCUT2D eigenvalue weighted by Crippen LogP contribution is 2.18. The van der Waals surface area contributed by atoms with E-state index >= 15 is 0 Å². The number of aliphatic hydroxyl groups is 1. The highest BCUT2D eigenvalue weighted by atomic mass is 32.2. The molecule has 1 amide bonds. The number of aliphatic hydroxyl groups excluding tert-OH is 1. The minimum absolute atomic E-state index is 0.0369. The fraction of sp³-hybridized carbons (Fsp3) is 0.364. The van der Waals surface area contributed by atoms with Crippen LogP contribution in [0.4, 0.5) is 5.69 Å². The van der Waals surface area contributed by atoms with E-state index < -0.39 is 0 Å². The second kappa shape index (κ2) is 7.27. The van der Waals surface area contributed by atoms with Crippen molar-refractivity contribution in [1.82, 2.24) is 5.32 Å². The third kappa shape index (κ3) is 4.65. The molecule has 0 radical (unpaired) electrons. The van der Waals surface area contributed by atoms with Gasteiger partial charge in [0.2, 0.25) is 5.91 Å². The van der Waals surface area contributed by atoms with E-state index in [0.29, 0.717) is 6.54 Å². The predicted molar refractivity (Wildman–Crippen MR) is 66.8 cm³/mol. The third-order valence-electron chi connectivity index (χ3n) is 1.93. The fourth-order valence-electron chi connectivity index (χ4n) is 1.19. The lowest BCUT2D eigenvalue weighted by Gasteiger charge is -2.06. The number of hydrogen-bond acceptors (Lipinski definition) is 4. The van der Waals surface area contributed by atoms with E-state index in [2.05, 4.69) is 10.6 Å². The first-order valence-corrected chi connectivity index (χ1v) is 6.24. The maximum Gasteiger partial charge on any atom is 0.238 e. The Kier molecular flexibility index (Phi) is 5.92. The van der Waals surface area contributed by atoms with Crippen LogP contribution in [0.5, 0.6) is 0 Å². The van der Waals surface area contributed by atoms with Crippen molar-refractivity contribution >= 4 is 23.4 Å². The zero-order chi connectivity index (χ0) is 11.8. The van der Waals surface area contributed by atoms with Crippen LogP contribution in [-0.4, -0.2) is 37.0 Å². The van der Waals surface area contributed by atoms with Crippen molar-refractivity contribution in [3.63, 3.8) is 0 Å². The number of nitrogens with one attached hydrogen (secondary N) is 2. The Morgan fingerprint density at radius 3 is 3.00 bits per heavy atom. The summed E-state index contributed by atoms with van der Waals surface area (Å²) in [4.78, 5) is 12.5. The van der Waals surface area contributed by atoms with Gasteiger partial charge < -0.3 is 15.7 Å². The Hall–Kier alpha value is -1.04. The van der Waals surface area contributed by atoms with E-state index in [4.69, 9.17) is 5.11 Å². The Morgan fingerprint density at radius 1 is 1.50 bits per heavy atom. The van der Waals surface area contributed by atoms with Crippen LogP contribution >= 0.6 is 11.8 Å². The highest BCUT2D eigenvalue weighted by molar-refractivity contribution is 7.98. The summed E-state index contributed by atoms with van der Waals surface area (Å²) in [5.74, 6) is -0.105. The molecule has 4 nitrogen and oxygen atoms in total. The average molecular weight is 240 g/mol. The molecule has 16 heavy (non-hydrogen) atoms. The number of amides is 1. The molecule has 0 atom stereocenters. The zero-order valence-corrected chi connectivity index (χ0v) is 10.0. The molecule has 0 saturated heterocycles. The first kappa shape index (κ1) is 13.0. The molecule has 0 aliphatic carbocycles. The maximum atomic E-state index is 11.4. The maximum absolute atomic E-state index is 11.4. The molecule has 0 aromatic heterocycles. The zero-order valence-electron chi connectivity index (χ0n) is 9.19. The summed E-state index contributed by atoms with van der Waals surface area (Å²) in [5.41, 5.74) is 0.794. The topological polar surface area (TPSA) is 61.4 Å². The van der Waals surface area contributed by atoms with Crippen LogP contribution in [0, 0.1) is 0 Å². The number of hydrogen-bond donors (Lipinski definition) is 3. The van der Waals surface area contributed by atoms with Gasteiger partial charge in [0.05, 0.1) is 13.2 Å². The molecule has 0 aliphatic rings. The van der Waals surface area contributed by atoms with Crippen molar-refractivity contribution in [3.05, 3.63) is 24.3 Å². The van der Waals surface area contributed by atoms with E-state index in [1.54, 1.807) is 11.8 Å². The van der Waals surface area contributed by atoms with Crippen LogP contribution in [0.15, 0.2) is 29.2 Å². The Labute approximate surface area is 99.4 Å². The van der Waals surface area contributed by atoms with Gasteiger partial charge in [-0.05, 0) is 24.5 Å². The number of rotatable bonds is 6. The Balaban J connectivity index is 2.43. The molecule has 1 aromatic rings. The summed E-state index contributed by atoms with van der Waals surface area (Å²) in [6, 6.07) is 7.67. The molecule has 0 saturated carbocycles. The van der Waals surface area contributed by atoms with Gasteiger partial charge >= 0.3 is 0 Å². The highest BCUT2D eigenvalue weighted by Gasteiger charge is 2.01. The van der Waals surface area contributed by atoms with Crippen LogP contribution in [0.25, 0.3) is 0 Å². The van der Waals surface area contributed by atoms with Gasteiger partial charge in [0.1, 0.15) is 0 Å². The first-order chi connectivity index (χ1) is 7.76. The van der Waals surface area contributed by atoms with Crippen molar-refractivity contribution in [2.75, 3.05) is 31.3 Å². The van der Waals surface area contributed by atoms with Crippen molar-refractivity contribution < 1.29 is 9.90 Å². The van der Waals surface area contributed by atoms with Gasteiger partial charge in [0.25, 0.3) is 0 Å². The van der Waals surface area contributed by atoms with Crippen molar-refractivity contribution in [3.8, 4) is 0 Å². The van der Waals surface area contributed by atoms with E-state index in [1.165, 1.54) is 0 Å². The monoisotopic (exact) mass is 240 g/mol. The molecule has 3 N–H and O–H groups in total. The molecular weight excluding hydrogens is 224 g/mol. The number of anilines is 1. The van der Waals surface area contributed by atoms with Crippen molar-refractivity contribution in [1.29, 1.82) is 0 Å². The number of carbonyl (C=O) groups excluding carboxylic acids is 1. The molecule has 0 unspecified atom stereocenters. The molecule has 1 rings (SSSR count). The molecule has 0 heterocycles. The summed E-state index contributed by atoms with van der Waals surface area (Å²) in [6.45, 7) is 0.678. The van der Waals surface area contributed by atoms with Crippen LogP contribution < -0.4 is 10.6 Å². The first-order valence-electron chi connectivity index (χ1n) is 5.01. The molecule has 0 aliphatic heterocycles. The minimum atomic E-state index is -0.105. The minimum Gasteiger partial charge on any atom is -0.395 e. The molecule has 5 heteroatoms. The number of thioether (sulfide) groups is 1. The molecule has 1 aromatic carbocycles. The normalized spacial score (nSPS) is 10.1. The van der Waals surface area contributed by atoms with Crippen LogP contribution in [0.3, 0.4) is 0 Å². The standard InChI is InChI=1S/C11H16N2O2S/c1-16-10-4-2-3-9(7-10)13-11(15)8-12-5-6-14/h2-4,7,12,14H,5-6,8H2,1H3,(H,13,15). The Bertz CT molecular complexity index is 345. The van der Waals surface area contributed by atoms with E-state index in [-0.39, 0.29) is 19.1 Å². The Morgan fingerprint density at radius 2 is 2.31 bits per heavy atom. The quantitative estimate of drug-likeness (QED) is 0.511. The van der Waals surface area contributed by atoms with Gasteiger partial charge in [0, 0.05) is 17.1 Å². The molecule has 0 spiro atoms. The summed E-state index contributed by atoms with van der Waals surface area (Å²) in [6.07, 6.45) is 1.99. The van der Waals surface area contributed by atoms with E-state index in [0.717, 1.165) is 10.6 Å². The number of carbonyl (C=O) groups is 1. The third-order valence-corrected chi connectivity index (χ3v) is 2.65. The largest absolute Gasteiger partial charge is 0.395 e. The number of benzene rings is 1. The summed E-state index contributed by atoms with van der Waals surface area (Å²) in [5, 5.41) is 14.1. The van der Waals surface area contributed by atoms with Crippen LogP contribution in [-0.2, 0) is 4.79 Å². The molecular formula is C11H16N2O2S. The van der Waals surface area contributed by atoms with Crippen molar-refractivity contribution in [2.24, 2.45) is 0 Å². The lowest BCUT2D eigenvalue weighted by molar-refractivity contribution is -0.115. The van der Waals surface area contributed by atoms with Crippen LogP contribution in [0.1, 0.15) is 0 Å². The average Bonchev–Trinajstić information content (AvgIpc) is 2.29. The second-order valence-electron chi connectivity index (χ2n) is 3.18. The summed E-state index contributed by atoms with van der Waals surface area (Å²) >= 11 is 1.63. The molecule has 0 fully saturated rings. The van der Waals surface area contributed by atoms with Crippen molar-refractivity contribution in [2.45, 2.75) is 4.90 Å². The molecule has 0 bridgehead atoms. The smallest absolute Gasteiger partial charge is 0.238 e. The molecule has 88 valence electrons. The predicted octanol–water partition coefficient (Wildman–Crippen LogP) is 0.929. The van der Waals surface area contributed by atoms with Gasteiger partial charge in [-0.3, -0.25) is 4.79 Å². The van der Waals surface area contributed by atoms with Gasteiger partial charge in [-0.2, -0.15) is 0 Å². The second-order valence-corrected chi connectivity index (χ2v) is 4.06. The lowest BCUT2D eigenvalue weighted by atomic mass is 10.3.